The summed E-state index contributed by atoms with van der Waals surface area (Å²) in [6, 6.07) is 0. The highest BCUT2D eigenvalue weighted by Gasteiger charge is 2.06. The molecule has 0 saturated carbocycles. The largest absolute Gasteiger partial charge is 0.313 e. The maximum atomic E-state index is 4.16. The third-order valence-electron chi connectivity index (χ3n) is 2.65. The second-order valence-electron chi connectivity index (χ2n) is 5.01. The van der Waals surface area contributed by atoms with Gasteiger partial charge in [-0.15, -0.1) is 0 Å². The summed E-state index contributed by atoms with van der Waals surface area (Å²) in [5.74, 6) is 0. The lowest BCUT2D eigenvalue weighted by molar-refractivity contribution is 0.256. The summed E-state index contributed by atoms with van der Waals surface area (Å²) in [6.07, 6.45) is 2.40. The highest BCUT2D eigenvalue weighted by molar-refractivity contribution is 4.99. The van der Waals surface area contributed by atoms with Crippen LogP contribution in [0.15, 0.2) is 12.2 Å². The predicted octanol–water partition coefficient (Wildman–Crippen LogP) is 1.82. The molecule has 0 heterocycles. The first-order chi connectivity index (χ1) is 8.10. The van der Waals surface area contributed by atoms with Crippen LogP contribution in [-0.2, 0) is 0 Å². The summed E-state index contributed by atoms with van der Waals surface area (Å²) in [7, 11) is 4.25. The molecule has 0 fully saturated rings. The van der Waals surface area contributed by atoms with Crippen molar-refractivity contribution in [3.63, 3.8) is 0 Å². The first-order valence-corrected chi connectivity index (χ1v) is 6.84. The van der Waals surface area contributed by atoms with Crippen LogP contribution in [0.25, 0.3) is 0 Å². The molecule has 3 heteroatoms. The SMILES string of the molecule is C=C(CNCCC)CN(CCC)CCN(C)C. The van der Waals surface area contributed by atoms with Gasteiger partial charge in [-0.25, -0.2) is 0 Å². The summed E-state index contributed by atoms with van der Waals surface area (Å²) in [5, 5.41) is 3.41. The van der Waals surface area contributed by atoms with Gasteiger partial charge < -0.3 is 10.2 Å². The maximum absolute atomic E-state index is 4.16. The van der Waals surface area contributed by atoms with Crippen LogP contribution < -0.4 is 5.32 Å². The van der Waals surface area contributed by atoms with Gasteiger partial charge in [-0.05, 0) is 45.6 Å². The quantitative estimate of drug-likeness (QED) is 0.440. The molecule has 0 amide bonds. The molecule has 0 unspecified atom stereocenters. The van der Waals surface area contributed by atoms with E-state index >= 15 is 0 Å². The van der Waals surface area contributed by atoms with Crippen molar-refractivity contribution >= 4 is 0 Å². The number of rotatable bonds is 11. The zero-order valence-corrected chi connectivity index (χ0v) is 12.3. The van der Waals surface area contributed by atoms with Crippen molar-refractivity contribution in [1.82, 2.24) is 15.1 Å². The zero-order valence-electron chi connectivity index (χ0n) is 12.3. The van der Waals surface area contributed by atoms with Crippen molar-refractivity contribution in [3.05, 3.63) is 12.2 Å². The fraction of sp³-hybridized carbons (Fsp3) is 0.857. The van der Waals surface area contributed by atoms with Crippen molar-refractivity contribution in [1.29, 1.82) is 0 Å². The van der Waals surface area contributed by atoms with E-state index in [1.165, 1.54) is 25.0 Å². The Morgan fingerprint density at radius 1 is 1.06 bits per heavy atom. The smallest absolute Gasteiger partial charge is 0.0203 e. The molecule has 102 valence electrons. The highest BCUT2D eigenvalue weighted by atomic mass is 15.2. The Kier molecular flexibility index (Phi) is 10.5. The predicted molar refractivity (Wildman–Crippen MR) is 77.6 cm³/mol. The van der Waals surface area contributed by atoms with Crippen LogP contribution in [0.5, 0.6) is 0 Å². The number of likely N-dealkylation sites (N-methyl/N-ethyl adjacent to an activating group) is 1. The van der Waals surface area contributed by atoms with Crippen LogP contribution >= 0.6 is 0 Å². The Bertz CT molecular complexity index is 190. The Morgan fingerprint density at radius 2 is 1.76 bits per heavy atom. The fourth-order valence-electron chi connectivity index (χ4n) is 1.74. The van der Waals surface area contributed by atoms with Crippen LogP contribution in [0.4, 0.5) is 0 Å². The Labute approximate surface area is 108 Å². The van der Waals surface area contributed by atoms with Gasteiger partial charge in [0.2, 0.25) is 0 Å². The minimum absolute atomic E-state index is 0.954. The first-order valence-electron chi connectivity index (χ1n) is 6.84. The molecule has 0 aliphatic heterocycles. The van der Waals surface area contributed by atoms with E-state index in [1.54, 1.807) is 0 Å². The van der Waals surface area contributed by atoms with E-state index in [0.717, 1.165) is 32.7 Å². The molecule has 0 atom stereocenters. The van der Waals surface area contributed by atoms with Crippen molar-refractivity contribution in [3.8, 4) is 0 Å². The minimum Gasteiger partial charge on any atom is -0.313 e. The minimum atomic E-state index is 0.954. The lowest BCUT2D eigenvalue weighted by atomic mass is 10.2. The van der Waals surface area contributed by atoms with Gasteiger partial charge in [0.1, 0.15) is 0 Å². The van der Waals surface area contributed by atoms with Gasteiger partial charge >= 0.3 is 0 Å². The van der Waals surface area contributed by atoms with Gasteiger partial charge in [-0.2, -0.15) is 0 Å². The summed E-state index contributed by atoms with van der Waals surface area (Å²) < 4.78 is 0. The Hall–Kier alpha value is -0.380. The normalized spacial score (nSPS) is 11.4. The summed E-state index contributed by atoms with van der Waals surface area (Å²) in [4.78, 5) is 4.73. The molecule has 0 aliphatic rings. The van der Waals surface area contributed by atoms with Gasteiger partial charge in [-0.3, -0.25) is 4.90 Å². The number of nitrogens with one attached hydrogen (secondary N) is 1. The number of nitrogens with zero attached hydrogens (tertiary/aromatic N) is 2. The molecule has 0 saturated heterocycles. The van der Waals surface area contributed by atoms with Crippen molar-refractivity contribution in [2.24, 2.45) is 0 Å². The molecule has 0 aromatic rings. The van der Waals surface area contributed by atoms with Crippen molar-refractivity contribution in [2.75, 3.05) is 53.4 Å². The van der Waals surface area contributed by atoms with E-state index in [2.05, 4.69) is 49.6 Å². The Balaban J connectivity index is 3.84. The van der Waals surface area contributed by atoms with E-state index in [4.69, 9.17) is 0 Å². The van der Waals surface area contributed by atoms with Crippen molar-refractivity contribution < 1.29 is 0 Å². The van der Waals surface area contributed by atoms with E-state index in [0.29, 0.717) is 0 Å². The lowest BCUT2D eigenvalue weighted by Gasteiger charge is -2.24. The first kappa shape index (κ1) is 16.6. The lowest BCUT2D eigenvalue weighted by Crippen LogP contribution is -2.35. The molecule has 0 bridgehead atoms. The Morgan fingerprint density at radius 3 is 2.29 bits per heavy atom. The van der Waals surface area contributed by atoms with Gasteiger partial charge in [0.25, 0.3) is 0 Å². The maximum Gasteiger partial charge on any atom is 0.0203 e. The molecular formula is C14H31N3. The second-order valence-corrected chi connectivity index (χ2v) is 5.01. The molecule has 0 aromatic heterocycles. The van der Waals surface area contributed by atoms with Gasteiger partial charge in [0.05, 0.1) is 0 Å². The van der Waals surface area contributed by atoms with Crippen LogP contribution in [0.2, 0.25) is 0 Å². The molecule has 3 nitrogen and oxygen atoms in total. The van der Waals surface area contributed by atoms with E-state index < -0.39 is 0 Å². The molecule has 0 spiro atoms. The summed E-state index contributed by atoms with van der Waals surface area (Å²) in [5.41, 5.74) is 1.30. The molecule has 0 aliphatic carbocycles. The van der Waals surface area contributed by atoms with Crippen LogP contribution in [0.1, 0.15) is 26.7 Å². The second kappa shape index (κ2) is 10.8. The molecule has 0 rings (SSSR count). The summed E-state index contributed by atoms with van der Waals surface area (Å²) >= 11 is 0. The van der Waals surface area contributed by atoms with Crippen LogP contribution in [0.3, 0.4) is 0 Å². The highest BCUT2D eigenvalue weighted by Crippen LogP contribution is 1.98. The van der Waals surface area contributed by atoms with E-state index in [-0.39, 0.29) is 0 Å². The summed E-state index contributed by atoms with van der Waals surface area (Å²) in [6.45, 7) is 15.1. The standard InChI is InChI=1S/C14H31N3/c1-6-8-15-12-14(3)13-17(9-7-2)11-10-16(4)5/h15H,3,6-13H2,1-2,4-5H3. The average molecular weight is 241 g/mol. The van der Waals surface area contributed by atoms with Gasteiger partial charge in [0.15, 0.2) is 0 Å². The molecule has 17 heavy (non-hydrogen) atoms. The molecule has 0 aromatic carbocycles. The topological polar surface area (TPSA) is 18.5 Å². The number of hydrogen-bond donors (Lipinski definition) is 1. The van der Waals surface area contributed by atoms with Crippen LogP contribution in [-0.4, -0.2) is 63.2 Å². The monoisotopic (exact) mass is 241 g/mol. The van der Waals surface area contributed by atoms with Crippen LogP contribution in [0, 0.1) is 0 Å². The third kappa shape index (κ3) is 10.5. The third-order valence-corrected chi connectivity index (χ3v) is 2.65. The molecule has 0 radical (unpaired) electrons. The van der Waals surface area contributed by atoms with E-state index in [9.17, 15) is 0 Å². The van der Waals surface area contributed by atoms with Crippen molar-refractivity contribution in [2.45, 2.75) is 26.7 Å². The molecule has 1 N–H and O–H groups in total. The van der Waals surface area contributed by atoms with E-state index in [1.807, 2.05) is 0 Å². The molecular weight excluding hydrogens is 210 g/mol. The van der Waals surface area contributed by atoms with Gasteiger partial charge in [0, 0.05) is 26.2 Å². The zero-order chi connectivity index (χ0) is 13.1. The number of hydrogen-bond acceptors (Lipinski definition) is 3. The van der Waals surface area contributed by atoms with Gasteiger partial charge in [-0.1, -0.05) is 20.4 Å². The fourth-order valence-corrected chi connectivity index (χ4v) is 1.74. The average Bonchev–Trinajstić information content (AvgIpc) is 2.26.